The van der Waals surface area contributed by atoms with Crippen molar-refractivity contribution in [3.63, 3.8) is 0 Å². The zero-order valence-corrected chi connectivity index (χ0v) is 14.0. The van der Waals surface area contributed by atoms with Gasteiger partial charge >= 0.3 is 0 Å². The van der Waals surface area contributed by atoms with Crippen molar-refractivity contribution in [1.82, 2.24) is 5.32 Å². The van der Waals surface area contributed by atoms with Crippen molar-refractivity contribution in [2.45, 2.75) is 70.8 Å². The van der Waals surface area contributed by atoms with E-state index in [1.54, 1.807) is 0 Å². The Hall–Kier alpha value is -1.02. The van der Waals surface area contributed by atoms with Crippen molar-refractivity contribution >= 4 is 0 Å². The molecule has 1 aromatic carbocycles. The van der Waals surface area contributed by atoms with Crippen molar-refractivity contribution < 1.29 is 4.74 Å². The van der Waals surface area contributed by atoms with Crippen LogP contribution in [0.4, 0.5) is 0 Å². The highest BCUT2D eigenvalue weighted by Gasteiger charge is 2.18. The Morgan fingerprint density at radius 1 is 1.10 bits per heavy atom. The molecule has 1 aromatic rings. The molecule has 1 N–H and O–H groups in total. The molecule has 0 aliphatic heterocycles. The van der Waals surface area contributed by atoms with Crippen LogP contribution in [0.15, 0.2) is 24.3 Å². The largest absolute Gasteiger partial charge is 0.493 e. The first kappa shape index (κ1) is 16.4. The van der Waals surface area contributed by atoms with Gasteiger partial charge in [-0.3, -0.25) is 0 Å². The van der Waals surface area contributed by atoms with E-state index in [9.17, 15) is 0 Å². The fourth-order valence-corrected chi connectivity index (χ4v) is 3.08. The third kappa shape index (κ3) is 5.35. The molecule has 0 saturated heterocycles. The van der Waals surface area contributed by atoms with Crippen molar-refractivity contribution in [2.75, 3.05) is 13.2 Å². The Labute approximate surface area is 130 Å². The lowest BCUT2D eigenvalue weighted by Gasteiger charge is -2.24. The molecule has 0 amide bonds. The molecule has 2 heteroatoms. The molecule has 1 fully saturated rings. The molecular weight excluding hydrogens is 258 g/mol. The van der Waals surface area contributed by atoms with E-state index in [0.29, 0.717) is 0 Å². The van der Waals surface area contributed by atoms with Crippen LogP contribution in [0.3, 0.4) is 0 Å². The van der Waals surface area contributed by atoms with Crippen molar-refractivity contribution in [2.24, 2.45) is 0 Å². The summed E-state index contributed by atoms with van der Waals surface area (Å²) in [5.41, 5.74) is 1.43. The molecule has 0 aromatic heterocycles. The monoisotopic (exact) mass is 289 g/mol. The van der Waals surface area contributed by atoms with Crippen molar-refractivity contribution in [3.05, 3.63) is 29.8 Å². The summed E-state index contributed by atoms with van der Waals surface area (Å²) in [5, 5.41) is 3.67. The number of rotatable bonds is 6. The molecule has 1 aliphatic rings. The average molecular weight is 289 g/mol. The van der Waals surface area contributed by atoms with E-state index < -0.39 is 0 Å². The maximum absolute atomic E-state index is 6.01. The third-order valence-electron chi connectivity index (χ3n) is 4.31. The molecule has 2 nitrogen and oxygen atoms in total. The fourth-order valence-electron chi connectivity index (χ4n) is 3.08. The Morgan fingerprint density at radius 3 is 2.52 bits per heavy atom. The summed E-state index contributed by atoms with van der Waals surface area (Å²) >= 11 is 0. The van der Waals surface area contributed by atoms with Crippen LogP contribution in [-0.4, -0.2) is 19.2 Å². The Balaban J connectivity index is 1.71. The molecule has 0 spiro atoms. The van der Waals surface area contributed by atoms with Gasteiger partial charge in [0.05, 0.1) is 6.61 Å². The third-order valence-corrected chi connectivity index (χ3v) is 4.31. The Bertz CT molecular complexity index is 416. The zero-order chi connectivity index (χ0) is 15.1. The molecule has 21 heavy (non-hydrogen) atoms. The molecule has 2 rings (SSSR count). The second-order valence-electron chi connectivity index (χ2n) is 7.24. The molecule has 0 bridgehead atoms. The molecule has 1 aliphatic carbocycles. The summed E-state index contributed by atoms with van der Waals surface area (Å²) in [5.74, 6) is 1.04. The summed E-state index contributed by atoms with van der Waals surface area (Å²) in [7, 11) is 0. The minimum Gasteiger partial charge on any atom is -0.493 e. The molecular formula is C19H31NO. The minimum atomic E-state index is 0.136. The summed E-state index contributed by atoms with van der Waals surface area (Å²) in [6.07, 6.45) is 8.00. The van der Waals surface area contributed by atoms with Crippen LogP contribution in [0.2, 0.25) is 0 Å². The average Bonchev–Trinajstić information content (AvgIpc) is 2.47. The molecule has 1 saturated carbocycles. The maximum Gasteiger partial charge on any atom is 0.123 e. The van der Waals surface area contributed by atoms with Gasteiger partial charge in [0.15, 0.2) is 0 Å². The van der Waals surface area contributed by atoms with E-state index in [-0.39, 0.29) is 5.41 Å². The van der Waals surface area contributed by atoms with Crippen molar-refractivity contribution in [1.29, 1.82) is 0 Å². The van der Waals surface area contributed by atoms with Gasteiger partial charge < -0.3 is 10.1 Å². The number of nitrogens with one attached hydrogen (secondary N) is 1. The molecule has 0 heterocycles. The van der Waals surface area contributed by atoms with Crippen LogP contribution >= 0.6 is 0 Å². The summed E-state index contributed by atoms with van der Waals surface area (Å²) < 4.78 is 6.01. The van der Waals surface area contributed by atoms with Crippen LogP contribution in [0.5, 0.6) is 5.75 Å². The van der Waals surface area contributed by atoms with Gasteiger partial charge in [-0.1, -0.05) is 58.2 Å². The van der Waals surface area contributed by atoms with E-state index in [4.69, 9.17) is 4.74 Å². The van der Waals surface area contributed by atoms with Crippen LogP contribution in [0.25, 0.3) is 0 Å². The first-order chi connectivity index (χ1) is 10.1. The summed E-state index contributed by atoms with van der Waals surface area (Å²) in [6.45, 7) is 8.58. The van der Waals surface area contributed by atoms with Gasteiger partial charge in [-0.2, -0.15) is 0 Å². The summed E-state index contributed by atoms with van der Waals surface area (Å²) in [6, 6.07) is 9.17. The van der Waals surface area contributed by atoms with E-state index in [0.717, 1.165) is 31.4 Å². The minimum absolute atomic E-state index is 0.136. The maximum atomic E-state index is 6.01. The van der Waals surface area contributed by atoms with Gasteiger partial charge in [0, 0.05) is 6.04 Å². The predicted molar refractivity (Wildman–Crippen MR) is 90.1 cm³/mol. The number of para-hydroxylation sites is 1. The SMILES string of the molecule is CC(C)(C)c1ccccc1OCCCNC1CCCCC1. The number of hydrogen-bond acceptors (Lipinski definition) is 2. The summed E-state index contributed by atoms with van der Waals surface area (Å²) in [4.78, 5) is 0. The highest BCUT2D eigenvalue weighted by Crippen LogP contribution is 2.30. The van der Waals surface area contributed by atoms with Crippen molar-refractivity contribution in [3.8, 4) is 5.75 Å². The molecule has 0 unspecified atom stereocenters. The van der Waals surface area contributed by atoms with Crippen LogP contribution in [0, 0.1) is 0 Å². The lowest BCUT2D eigenvalue weighted by molar-refractivity contribution is 0.290. The Morgan fingerprint density at radius 2 is 1.81 bits per heavy atom. The van der Waals surface area contributed by atoms with E-state index in [2.05, 4.69) is 50.4 Å². The van der Waals surface area contributed by atoms with Crippen LogP contribution in [0.1, 0.15) is 64.9 Å². The topological polar surface area (TPSA) is 21.3 Å². The van der Waals surface area contributed by atoms with Gasteiger partial charge in [-0.15, -0.1) is 0 Å². The quantitative estimate of drug-likeness (QED) is 0.768. The highest BCUT2D eigenvalue weighted by atomic mass is 16.5. The standard InChI is InChI=1S/C19H31NO/c1-19(2,3)17-12-7-8-13-18(17)21-15-9-14-20-16-10-5-4-6-11-16/h7-8,12-13,16,20H,4-6,9-11,14-15H2,1-3H3. The second kappa shape index (κ2) is 7.84. The first-order valence-corrected chi connectivity index (χ1v) is 8.53. The smallest absolute Gasteiger partial charge is 0.123 e. The lowest BCUT2D eigenvalue weighted by atomic mass is 9.86. The Kier molecular flexibility index (Phi) is 6.10. The van der Waals surface area contributed by atoms with Crippen LogP contribution in [-0.2, 0) is 5.41 Å². The molecule has 0 atom stereocenters. The van der Waals surface area contributed by atoms with E-state index in [1.165, 1.54) is 37.7 Å². The van der Waals surface area contributed by atoms with Gasteiger partial charge in [-0.25, -0.2) is 0 Å². The number of ether oxygens (including phenoxy) is 1. The first-order valence-electron chi connectivity index (χ1n) is 8.53. The van der Waals surface area contributed by atoms with E-state index in [1.807, 2.05) is 0 Å². The van der Waals surface area contributed by atoms with Gasteiger partial charge in [-0.05, 0) is 42.9 Å². The van der Waals surface area contributed by atoms with Crippen LogP contribution < -0.4 is 10.1 Å². The van der Waals surface area contributed by atoms with E-state index >= 15 is 0 Å². The molecule has 0 radical (unpaired) electrons. The normalized spacial score (nSPS) is 16.9. The predicted octanol–water partition coefficient (Wildman–Crippen LogP) is 4.68. The zero-order valence-electron chi connectivity index (χ0n) is 14.0. The fraction of sp³-hybridized carbons (Fsp3) is 0.684. The number of hydrogen-bond donors (Lipinski definition) is 1. The molecule has 118 valence electrons. The van der Waals surface area contributed by atoms with Gasteiger partial charge in [0.1, 0.15) is 5.75 Å². The van der Waals surface area contributed by atoms with Gasteiger partial charge in [0.2, 0.25) is 0 Å². The highest BCUT2D eigenvalue weighted by molar-refractivity contribution is 5.38. The second-order valence-corrected chi connectivity index (χ2v) is 7.24. The van der Waals surface area contributed by atoms with Gasteiger partial charge in [0.25, 0.3) is 0 Å². The number of benzene rings is 1. The lowest BCUT2D eigenvalue weighted by Crippen LogP contribution is -2.32.